The third kappa shape index (κ3) is 4.70. The Morgan fingerprint density at radius 1 is 1.22 bits per heavy atom. The summed E-state index contributed by atoms with van der Waals surface area (Å²) >= 11 is 0. The second-order valence-corrected chi connectivity index (χ2v) is 5.67. The molecule has 0 aromatic heterocycles. The summed E-state index contributed by atoms with van der Waals surface area (Å²) in [7, 11) is 0. The van der Waals surface area contributed by atoms with E-state index in [-0.39, 0.29) is 24.9 Å². The van der Waals surface area contributed by atoms with Gasteiger partial charge in [-0.25, -0.2) is 0 Å². The molecule has 7 nitrogen and oxygen atoms in total. The van der Waals surface area contributed by atoms with Gasteiger partial charge in [0.15, 0.2) is 0 Å². The van der Waals surface area contributed by atoms with Crippen LogP contribution in [0.25, 0.3) is 0 Å². The van der Waals surface area contributed by atoms with Gasteiger partial charge < -0.3 is 20.6 Å². The summed E-state index contributed by atoms with van der Waals surface area (Å²) in [5.74, 6) is -1.92. The zero-order chi connectivity index (χ0) is 16.8. The number of anilines is 1. The van der Waals surface area contributed by atoms with Crippen molar-refractivity contribution in [1.82, 2.24) is 4.90 Å². The number of hydrogen-bond acceptors (Lipinski definition) is 4. The van der Waals surface area contributed by atoms with Gasteiger partial charge >= 0.3 is 5.97 Å². The van der Waals surface area contributed by atoms with Crippen LogP contribution in [0, 0.1) is 5.92 Å². The summed E-state index contributed by atoms with van der Waals surface area (Å²) in [5, 5.41) is 9.06. The lowest BCUT2D eigenvalue weighted by Gasteiger charge is -2.33. The average molecular weight is 319 g/mol. The molecule has 1 aliphatic heterocycles. The molecule has 0 saturated carbocycles. The van der Waals surface area contributed by atoms with E-state index in [1.165, 1.54) is 4.90 Å². The number of piperidine rings is 1. The van der Waals surface area contributed by atoms with Crippen LogP contribution in [0.1, 0.15) is 12.8 Å². The minimum atomic E-state index is -1.00. The number of para-hydroxylation sites is 1. The number of carboxylic acids is 1. The number of nitrogens with zero attached hydrogens (tertiary/aromatic N) is 2. The minimum Gasteiger partial charge on any atom is -0.480 e. The predicted octanol–water partition coefficient (Wildman–Crippen LogP) is 0.302. The highest BCUT2D eigenvalue weighted by Crippen LogP contribution is 2.18. The molecule has 1 saturated heterocycles. The highest BCUT2D eigenvalue weighted by atomic mass is 16.4. The molecule has 1 aromatic carbocycles. The first kappa shape index (κ1) is 16.8. The Kier molecular flexibility index (Phi) is 5.56. The van der Waals surface area contributed by atoms with Gasteiger partial charge in [-0.05, 0) is 25.0 Å². The molecular formula is C16H21N3O4. The van der Waals surface area contributed by atoms with E-state index in [0.717, 1.165) is 6.42 Å². The highest BCUT2D eigenvalue weighted by molar-refractivity contribution is 5.85. The van der Waals surface area contributed by atoms with Crippen molar-refractivity contribution in [1.29, 1.82) is 0 Å². The van der Waals surface area contributed by atoms with Crippen LogP contribution in [0.4, 0.5) is 5.69 Å². The summed E-state index contributed by atoms with van der Waals surface area (Å²) in [4.78, 5) is 37.9. The van der Waals surface area contributed by atoms with E-state index in [9.17, 15) is 14.4 Å². The Morgan fingerprint density at radius 3 is 2.52 bits per heavy atom. The van der Waals surface area contributed by atoms with Gasteiger partial charge in [-0.1, -0.05) is 18.2 Å². The third-order valence-electron chi connectivity index (χ3n) is 3.95. The van der Waals surface area contributed by atoms with Gasteiger partial charge in [-0.2, -0.15) is 0 Å². The number of carboxylic acid groups (broad SMARTS) is 1. The molecule has 7 heteroatoms. The van der Waals surface area contributed by atoms with Gasteiger partial charge in [0.25, 0.3) is 0 Å². The van der Waals surface area contributed by atoms with Crippen molar-refractivity contribution < 1.29 is 19.5 Å². The first-order valence-electron chi connectivity index (χ1n) is 7.56. The van der Waals surface area contributed by atoms with E-state index in [4.69, 9.17) is 10.8 Å². The fourth-order valence-corrected chi connectivity index (χ4v) is 2.74. The zero-order valence-corrected chi connectivity index (χ0v) is 12.9. The van der Waals surface area contributed by atoms with Crippen LogP contribution in [0.5, 0.6) is 0 Å². The quantitative estimate of drug-likeness (QED) is 0.785. The number of primary amides is 1. The van der Waals surface area contributed by atoms with Crippen LogP contribution < -0.4 is 10.6 Å². The highest BCUT2D eigenvalue weighted by Gasteiger charge is 2.28. The first-order valence-corrected chi connectivity index (χ1v) is 7.56. The summed E-state index contributed by atoms with van der Waals surface area (Å²) in [6.45, 7) is 0.576. The standard InChI is InChI=1S/C16H21N3O4/c17-16(23)12-5-4-8-18(9-12)14(20)10-19(11-15(21)22)13-6-2-1-3-7-13/h1-3,6-7,12H,4-5,8-11H2,(H2,17,23)(H,21,22)/t12-/m1/s1. The number of carbonyl (C=O) groups is 3. The fourth-order valence-electron chi connectivity index (χ4n) is 2.74. The Balaban J connectivity index is 2.05. The van der Waals surface area contributed by atoms with Crippen LogP contribution in [-0.2, 0) is 14.4 Å². The SMILES string of the molecule is NC(=O)[C@@H]1CCCN(C(=O)CN(CC(=O)O)c2ccccc2)C1. The lowest BCUT2D eigenvalue weighted by Crippen LogP contribution is -2.48. The van der Waals surface area contributed by atoms with E-state index >= 15 is 0 Å². The number of benzene rings is 1. The maximum absolute atomic E-state index is 12.5. The molecule has 23 heavy (non-hydrogen) atoms. The number of likely N-dealkylation sites (tertiary alicyclic amines) is 1. The molecule has 1 fully saturated rings. The molecule has 1 heterocycles. The van der Waals surface area contributed by atoms with E-state index in [2.05, 4.69) is 0 Å². The van der Waals surface area contributed by atoms with Crippen LogP contribution in [0.3, 0.4) is 0 Å². The zero-order valence-electron chi connectivity index (χ0n) is 12.9. The van der Waals surface area contributed by atoms with Gasteiger partial charge in [0.2, 0.25) is 11.8 Å². The molecule has 1 aliphatic rings. The topological polar surface area (TPSA) is 104 Å². The van der Waals surface area contributed by atoms with Crippen LogP contribution in [0.2, 0.25) is 0 Å². The molecule has 124 valence electrons. The van der Waals surface area contributed by atoms with Crippen molar-refractivity contribution in [2.45, 2.75) is 12.8 Å². The third-order valence-corrected chi connectivity index (χ3v) is 3.95. The molecule has 3 N–H and O–H groups in total. The molecule has 0 radical (unpaired) electrons. The van der Waals surface area contributed by atoms with Crippen LogP contribution in [-0.4, -0.2) is 54.0 Å². The van der Waals surface area contributed by atoms with Gasteiger partial charge in [-0.15, -0.1) is 0 Å². The molecular weight excluding hydrogens is 298 g/mol. The average Bonchev–Trinajstić information content (AvgIpc) is 2.54. The molecule has 1 atom stereocenters. The van der Waals surface area contributed by atoms with Crippen molar-refractivity contribution in [2.24, 2.45) is 11.7 Å². The summed E-state index contributed by atoms with van der Waals surface area (Å²) < 4.78 is 0. The summed E-state index contributed by atoms with van der Waals surface area (Å²) in [6.07, 6.45) is 1.42. The lowest BCUT2D eigenvalue weighted by molar-refractivity contribution is -0.135. The predicted molar refractivity (Wildman–Crippen MR) is 84.8 cm³/mol. The van der Waals surface area contributed by atoms with Gasteiger partial charge in [0.05, 0.1) is 12.5 Å². The summed E-state index contributed by atoms with van der Waals surface area (Å²) in [5.41, 5.74) is 6.00. The second-order valence-electron chi connectivity index (χ2n) is 5.67. The second kappa shape index (κ2) is 7.62. The Labute approximate surface area is 134 Å². The molecule has 2 rings (SSSR count). The van der Waals surface area contributed by atoms with E-state index in [1.807, 2.05) is 6.07 Å². The Hall–Kier alpha value is -2.57. The number of amides is 2. The van der Waals surface area contributed by atoms with Crippen LogP contribution >= 0.6 is 0 Å². The number of carbonyl (C=O) groups excluding carboxylic acids is 2. The minimum absolute atomic E-state index is 0.0399. The van der Waals surface area contributed by atoms with Crippen LogP contribution in [0.15, 0.2) is 30.3 Å². The summed E-state index contributed by atoms with van der Waals surface area (Å²) in [6, 6.07) is 8.93. The number of aliphatic carboxylic acids is 1. The molecule has 0 aliphatic carbocycles. The van der Waals surface area contributed by atoms with Crippen molar-refractivity contribution in [3.63, 3.8) is 0 Å². The van der Waals surface area contributed by atoms with Crippen molar-refractivity contribution in [2.75, 3.05) is 31.1 Å². The fraction of sp³-hybridized carbons (Fsp3) is 0.438. The molecule has 0 spiro atoms. The molecule has 0 unspecified atom stereocenters. The largest absolute Gasteiger partial charge is 0.480 e. The molecule has 1 aromatic rings. The molecule has 0 bridgehead atoms. The normalized spacial score (nSPS) is 17.6. The first-order chi connectivity index (χ1) is 11.0. The van der Waals surface area contributed by atoms with Crippen molar-refractivity contribution >= 4 is 23.5 Å². The van der Waals surface area contributed by atoms with Crippen molar-refractivity contribution in [3.8, 4) is 0 Å². The lowest BCUT2D eigenvalue weighted by atomic mass is 9.97. The maximum Gasteiger partial charge on any atom is 0.323 e. The van der Waals surface area contributed by atoms with Gasteiger partial charge in [-0.3, -0.25) is 14.4 Å². The Morgan fingerprint density at radius 2 is 1.91 bits per heavy atom. The van der Waals surface area contributed by atoms with Crippen molar-refractivity contribution in [3.05, 3.63) is 30.3 Å². The number of nitrogens with two attached hydrogens (primary N) is 1. The van der Waals surface area contributed by atoms with Gasteiger partial charge in [0.1, 0.15) is 6.54 Å². The van der Waals surface area contributed by atoms with E-state index in [0.29, 0.717) is 25.2 Å². The monoisotopic (exact) mass is 319 g/mol. The van der Waals surface area contributed by atoms with E-state index in [1.54, 1.807) is 29.2 Å². The van der Waals surface area contributed by atoms with Gasteiger partial charge in [0, 0.05) is 18.8 Å². The molecule has 2 amide bonds. The number of hydrogen-bond donors (Lipinski definition) is 2. The van der Waals surface area contributed by atoms with E-state index < -0.39 is 11.9 Å². The maximum atomic E-state index is 12.5. The smallest absolute Gasteiger partial charge is 0.323 e. The Bertz CT molecular complexity index is 576. The number of rotatable bonds is 6.